The van der Waals surface area contributed by atoms with Gasteiger partial charge in [-0.05, 0) is 25.8 Å². The SMILES string of the molecule is CCCS(=O)(=O)N(CC)C1CCCNC1. The van der Waals surface area contributed by atoms with Crippen LogP contribution in [0.2, 0.25) is 0 Å². The van der Waals surface area contributed by atoms with Gasteiger partial charge in [-0.25, -0.2) is 8.42 Å². The lowest BCUT2D eigenvalue weighted by molar-refractivity contribution is 0.274. The summed E-state index contributed by atoms with van der Waals surface area (Å²) in [5.74, 6) is 0.275. The predicted molar refractivity (Wildman–Crippen MR) is 62.3 cm³/mol. The van der Waals surface area contributed by atoms with Gasteiger partial charge in [0.1, 0.15) is 0 Å². The number of piperidine rings is 1. The highest BCUT2D eigenvalue weighted by atomic mass is 32.2. The molecule has 1 aliphatic heterocycles. The van der Waals surface area contributed by atoms with E-state index in [-0.39, 0.29) is 11.8 Å². The van der Waals surface area contributed by atoms with Crippen molar-refractivity contribution < 1.29 is 8.42 Å². The summed E-state index contributed by atoms with van der Waals surface area (Å²) in [5.41, 5.74) is 0. The molecular formula is C10H22N2O2S. The van der Waals surface area contributed by atoms with Crippen molar-refractivity contribution in [2.24, 2.45) is 0 Å². The van der Waals surface area contributed by atoms with Crippen LogP contribution in [0.25, 0.3) is 0 Å². The van der Waals surface area contributed by atoms with Crippen LogP contribution < -0.4 is 5.32 Å². The molecule has 1 unspecified atom stereocenters. The van der Waals surface area contributed by atoms with E-state index < -0.39 is 10.0 Å². The van der Waals surface area contributed by atoms with Crippen molar-refractivity contribution in [2.75, 3.05) is 25.4 Å². The fourth-order valence-electron chi connectivity index (χ4n) is 2.14. The fraction of sp³-hybridized carbons (Fsp3) is 1.00. The molecule has 1 rings (SSSR count). The number of nitrogens with one attached hydrogen (secondary N) is 1. The van der Waals surface area contributed by atoms with Crippen LogP contribution >= 0.6 is 0 Å². The molecule has 0 bridgehead atoms. The summed E-state index contributed by atoms with van der Waals surface area (Å²) in [6.45, 7) is 6.24. The quantitative estimate of drug-likeness (QED) is 0.765. The number of likely N-dealkylation sites (N-methyl/N-ethyl adjacent to an activating group) is 1. The average Bonchev–Trinajstić information content (AvgIpc) is 2.19. The highest BCUT2D eigenvalue weighted by molar-refractivity contribution is 7.89. The molecule has 0 aromatic heterocycles. The van der Waals surface area contributed by atoms with E-state index in [2.05, 4.69) is 5.32 Å². The lowest BCUT2D eigenvalue weighted by Gasteiger charge is -2.32. The summed E-state index contributed by atoms with van der Waals surface area (Å²) in [5, 5.41) is 3.26. The van der Waals surface area contributed by atoms with Crippen molar-refractivity contribution in [1.29, 1.82) is 0 Å². The Hall–Kier alpha value is -0.130. The Kier molecular flexibility index (Phi) is 5.02. The zero-order valence-electron chi connectivity index (χ0n) is 9.70. The number of nitrogens with zero attached hydrogens (tertiary/aromatic N) is 1. The van der Waals surface area contributed by atoms with E-state index >= 15 is 0 Å². The summed E-state index contributed by atoms with van der Waals surface area (Å²) in [4.78, 5) is 0. The molecule has 15 heavy (non-hydrogen) atoms. The molecule has 1 atom stereocenters. The van der Waals surface area contributed by atoms with Crippen molar-refractivity contribution >= 4 is 10.0 Å². The molecule has 1 heterocycles. The first-order valence-corrected chi connectivity index (χ1v) is 7.43. The summed E-state index contributed by atoms with van der Waals surface area (Å²) < 4.78 is 25.6. The van der Waals surface area contributed by atoms with Crippen LogP contribution in [0, 0.1) is 0 Å². The monoisotopic (exact) mass is 234 g/mol. The van der Waals surface area contributed by atoms with Crippen LogP contribution in [0.5, 0.6) is 0 Å². The standard InChI is InChI=1S/C10H22N2O2S/c1-3-8-15(13,14)12(4-2)10-6-5-7-11-9-10/h10-11H,3-9H2,1-2H3. The molecule has 1 aliphatic rings. The van der Waals surface area contributed by atoms with E-state index in [9.17, 15) is 8.42 Å². The Bertz CT molecular complexity index is 271. The maximum Gasteiger partial charge on any atom is 0.214 e. The average molecular weight is 234 g/mol. The van der Waals surface area contributed by atoms with E-state index in [1.54, 1.807) is 4.31 Å². The van der Waals surface area contributed by atoms with Gasteiger partial charge in [0, 0.05) is 19.1 Å². The molecule has 90 valence electrons. The van der Waals surface area contributed by atoms with Crippen LogP contribution in [-0.2, 0) is 10.0 Å². The lowest BCUT2D eigenvalue weighted by atomic mass is 10.1. The summed E-state index contributed by atoms with van der Waals surface area (Å²) in [7, 11) is -3.03. The fourth-order valence-corrected chi connectivity index (χ4v) is 3.91. The van der Waals surface area contributed by atoms with E-state index in [4.69, 9.17) is 0 Å². The van der Waals surface area contributed by atoms with E-state index in [0.29, 0.717) is 13.0 Å². The van der Waals surface area contributed by atoms with Gasteiger partial charge in [0.05, 0.1) is 5.75 Å². The lowest BCUT2D eigenvalue weighted by Crippen LogP contribution is -2.49. The van der Waals surface area contributed by atoms with E-state index in [1.165, 1.54) is 0 Å². The molecule has 0 saturated carbocycles. The van der Waals surface area contributed by atoms with E-state index in [1.807, 2.05) is 13.8 Å². The Morgan fingerprint density at radius 2 is 2.13 bits per heavy atom. The third-order valence-electron chi connectivity index (χ3n) is 2.81. The summed E-state index contributed by atoms with van der Waals surface area (Å²) in [6.07, 6.45) is 2.76. The highest BCUT2D eigenvalue weighted by Crippen LogP contribution is 2.15. The van der Waals surface area contributed by atoms with Crippen LogP contribution in [0.3, 0.4) is 0 Å². The van der Waals surface area contributed by atoms with Crippen molar-refractivity contribution in [1.82, 2.24) is 9.62 Å². The van der Waals surface area contributed by atoms with Crippen molar-refractivity contribution in [3.05, 3.63) is 0 Å². The van der Waals surface area contributed by atoms with Gasteiger partial charge >= 0.3 is 0 Å². The number of hydrogen-bond donors (Lipinski definition) is 1. The van der Waals surface area contributed by atoms with Crippen LogP contribution in [0.1, 0.15) is 33.1 Å². The topological polar surface area (TPSA) is 49.4 Å². The smallest absolute Gasteiger partial charge is 0.214 e. The van der Waals surface area contributed by atoms with Crippen LogP contribution in [0.15, 0.2) is 0 Å². The Labute approximate surface area is 93.1 Å². The Morgan fingerprint density at radius 3 is 2.60 bits per heavy atom. The van der Waals surface area contributed by atoms with Crippen molar-refractivity contribution in [3.63, 3.8) is 0 Å². The van der Waals surface area contributed by atoms with Gasteiger partial charge in [-0.2, -0.15) is 4.31 Å². The number of sulfonamides is 1. The molecule has 0 aliphatic carbocycles. The first-order chi connectivity index (χ1) is 7.11. The molecule has 0 radical (unpaired) electrons. The largest absolute Gasteiger partial charge is 0.315 e. The van der Waals surface area contributed by atoms with Gasteiger partial charge in [-0.1, -0.05) is 13.8 Å². The summed E-state index contributed by atoms with van der Waals surface area (Å²) in [6, 6.07) is 0.167. The van der Waals surface area contributed by atoms with Gasteiger partial charge in [0.25, 0.3) is 0 Å². The molecular weight excluding hydrogens is 212 g/mol. The van der Waals surface area contributed by atoms with Crippen LogP contribution in [0.4, 0.5) is 0 Å². The maximum atomic E-state index is 12.0. The summed E-state index contributed by atoms with van der Waals surface area (Å²) >= 11 is 0. The minimum absolute atomic E-state index is 0.167. The van der Waals surface area contributed by atoms with Crippen LogP contribution in [-0.4, -0.2) is 44.2 Å². The first-order valence-electron chi connectivity index (χ1n) is 5.82. The molecule has 0 aromatic carbocycles. The Morgan fingerprint density at radius 1 is 1.40 bits per heavy atom. The number of hydrogen-bond acceptors (Lipinski definition) is 3. The van der Waals surface area contributed by atoms with Gasteiger partial charge in [0.15, 0.2) is 0 Å². The highest BCUT2D eigenvalue weighted by Gasteiger charge is 2.28. The normalized spacial score (nSPS) is 23.3. The molecule has 5 heteroatoms. The Balaban J connectivity index is 2.68. The second kappa shape index (κ2) is 5.82. The first kappa shape index (κ1) is 12.9. The third kappa shape index (κ3) is 3.43. The second-order valence-electron chi connectivity index (χ2n) is 4.02. The molecule has 4 nitrogen and oxygen atoms in total. The second-order valence-corrected chi connectivity index (χ2v) is 6.06. The molecule has 1 fully saturated rings. The predicted octanol–water partition coefficient (Wildman–Crippen LogP) is 0.800. The zero-order chi connectivity index (χ0) is 11.3. The number of rotatable bonds is 5. The third-order valence-corrected chi connectivity index (χ3v) is 5.00. The minimum atomic E-state index is -3.03. The van der Waals surface area contributed by atoms with Crippen molar-refractivity contribution in [3.8, 4) is 0 Å². The molecule has 0 spiro atoms. The van der Waals surface area contributed by atoms with Gasteiger partial charge in [0.2, 0.25) is 10.0 Å². The molecule has 0 amide bonds. The van der Waals surface area contributed by atoms with Gasteiger partial charge in [-0.3, -0.25) is 0 Å². The molecule has 1 saturated heterocycles. The van der Waals surface area contributed by atoms with E-state index in [0.717, 1.165) is 25.9 Å². The van der Waals surface area contributed by atoms with Crippen molar-refractivity contribution in [2.45, 2.75) is 39.2 Å². The molecule has 0 aromatic rings. The molecule has 1 N–H and O–H groups in total. The maximum absolute atomic E-state index is 12.0. The zero-order valence-corrected chi connectivity index (χ0v) is 10.5. The van der Waals surface area contributed by atoms with Gasteiger partial charge in [-0.15, -0.1) is 0 Å². The van der Waals surface area contributed by atoms with Gasteiger partial charge < -0.3 is 5.32 Å². The minimum Gasteiger partial charge on any atom is -0.315 e.